The van der Waals surface area contributed by atoms with E-state index in [0.29, 0.717) is 17.5 Å². The zero-order chi connectivity index (χ0) is 22.3. The number of nitrogens with one attached hydrogen (secondary N) is 1. The highest BCUT2D eigenvalue weighted by atomic mass is 35.5. The molecule has 1 amide bonds. The van der Waals surface area contributed by atoms with Gasteiger partial charge in [0.25, 0.3) is 5.91 Å². The van der Waals surface area contributed by atoms with Crippen LogP contribution in [-0.2, 0) is 13.0 Å². The van der Waals surface area contributed by atoms with Crippen LogP contribution in [0.2, 0.25) is 0 Å². The van der Waals surface area contributed by atoms with E-state index in [1.807, 2.05) is 22.9 Å². The Labute approximate surface area is 204 Å². The van der Waals surface area contributed by atoms with Crippen molar-refractivity contribution < 1.29 is 4.79 Å². The summed E-state index contributed by atoms with van der Waals surface area (Å²) in [5.41, 5.74) is 3.01. The third-order valence-electron chi connectivity index (χ3n) is 6.61. The van der Waals surface area contributed by atoms with E-state index in [4.69, 9.17) is 0 Å². The summed E-state index contributed by atoms with van der Waals surface area (Å²) in [7, 11) is 0. The van der Waals surface area contributed by atoms with Crippen LogP contribution < -0.4 is 5.32 Å². The number of piperidine rings is 1. The molecular weight excluding hydrogens is 432 g/mol. The van der Waals surface area contributed by atoms with Gasteiger partial charge in [0.05, 0.1) is 5.52 Å². The van der Waals surface area contributed by atoms with Crippen LogP contribution in [-0.4, -0.2) is 46.8 Å². The molecule has 6 heteroatoms. The van der Waals surface area contributed by atoms with Gasteiger partial charge in [0.2, 0.25) is 0 Å². The van der Waals surface area contributed by atoms with Crippen LogP contribution in [0.25, 0.3) is 10.9 Å². The number of aryl methyl sites for hydroxylation is 1. The summed E-state index contributed by atoms with van der Waals surface area (Å²) in [5.74, 6) is 1.10. The predicted molar refractivity (Wildman–Crippen MR) is 138 cm³/mol. The molecule has 1 aliphatic heterocycles. The molecule has 2 aromatic carbocycles. The normalized spacial score (nSPS) is 15.0. The molecular formula is C27H37ClN4O. The molecule has 0 spiro atoms. The lowest BCUT2D eigenvalue weighted by atomic mass is 9.96. The lowest BCUT2D eigenvalue weighted by Gasteiger charge is -2.32. The number of carbonyl (C=O) groups is 1. The second kappa shape index (κ2) is 12.2. The molecule has 0 bridgehead atoms. The van der Waals surface area contributed by atoms with Crippen molar-refractivity contribution in [1.29, 1.82) is 0 Å². The minimum absolute atomic E-state index is 0. The number of hydrogen-bond acceptors (Lipinski definition) is 3. The Bertz CT molecular complexity index is 1010. The monoisotopic (exact) mass is 468 g/mol. The third kappa shape index (κ3) is 6.81. The summed E-state index contributed by atoms with van der Waals surface area (Å²) < 4.78 is 2.00. The number of aromatic nitrogens is 2. The molecule has 1 saturated heterocycles. The summed E-state index contributed by atoms with van der Waals surface area (Å²) in [6.45, 7) is 9.34. The number of likely N-dealkylation sites (tertiary alicyclic amines) is 1. The third-order valence-corrected chi connectivity index (χ3v) is 6.61. The number of halogens is 1. The number of rotatable bonds is 9. The number of para-hydroxylation sites is 1. The molecule has 3 aromatic rings. The average molecular weight is 469 g/mol. The molecule has 1 fully saturated rings. The highest BCUT2D eigenvalue weighted by Gasteiger charge is 2.22. The first-order valence-electron chi connectivity index (χ1n) is 12.1. The smallest absolute Gasteiger partial charge is 0.272 e. The Morgan fingerprint density at radius 3 is 2.45 bits per heavy atom. The number of hydrogen-bond donors (Lipinski definition) is 1. The van der Waals surface area contributed by atoms with E-state index in [0.717, 1.165) is 69.3 Å². The summed E-state index contributed by atoms with van der Waals surface area (Å²) in [4.78, 5) is 15.5. The Balaban J connectivity index is 0.00000306. The van der Waals surface area contributed by atoms with Crippen LogP contribution in [0.1, 0.15) is 49.2 Å². The van der Waals surface area contributed by atoms with Gasteiger partial charge in [-0.3, -0.25) is 9.48 Å². The first-order chi connectivity index (χ1) is 15.6. The Kier molecular flexibility index (Phi) is 9.33. The molecule has 4 rings (SSSR count). The van der Waals surface area contributed by atoms with Gasteiger partial charge in [-0.05, 0) is 62.2 Å². The van der Waals surface area contributed by atoms with E-state index in [2.05, 4.69) is 65.6 Å². The van der Waals surface area contributed by atoms with Crippen LogP contribution >= 0.6 is 12.4 Å². The molecule has 1 aromatic heterocycles. The van der Waals surface area contributed by atoms with Crippen molar-refractivity contribution in [3.05, 3.63) is 65.9 Å². The number of amides is 1. The molecule has 5 nitrogen and oxygen atoms in total. The topological polar surface area (TPSA) is 50.2 Å². The van der Waals surface area contributed by atoms with Crippen molar-refractivity contribution in [3.8, 4) is 0 Å². The van der Waals surface area contributed by atoms with Gasteiger partial charge in [0.1, 0.15) is 0 Å². The van der Waals surface area contributed by atoms with Gasteiger partial charge in [-0.2, -0.15) is 5.10 Å². The van der Waals surface area contributed by atoms with Gasteiger partial charge in [-0.1, -0.05) is 62.4 Å². The fraction of sp³-hybridized carbons (Fsp3) is 0.481. The fourth-order valence-corrected chi connectivity index (χ4v) is 4.51. The second-order valence-corrected chi connectivity index (χ2v) is 9.50. The second-order valence-electron chi connectivity index (χ2n) is 9.50. The van der Waals surface area contributed by atoms with E-state index in [1.54, 1.807) is 0 Å². The lowest BCUT2D eigenvalue weighted by molar-refractivity contribution is 0.0932. The maximum atomic E-state index is 13.0. The largest absolute Gasteiger partial charge is 0.350 e. The van der Waals surface area contributed by atoms with Crippen LogP contribution in [0.4, 0.5) is 0 Å². The molecule has 0 unspecified atom stereocenters. The minimum atomic E-state index is -0.0454. The molecule has 2 heterocycles. The van der Waals surface area contributed by atoms with Crippen molar-refractivity contribution in [2.45, 2.75) is 46.1 Å². The van der Waals surface area contributed by atoms with Crippen molar-refractivity contribution in [1.82, 2.24) is 20.0 Å². The molecule has 178 valence electrons. The van der Waals surface area contributed by atoms with Crippen molar-refractivity contribution in [3.63, 3.8) is 0 Å². The van der Waals surface area contributed by atoms with E-state index in [9.17, 15) is 4.79 Å². The predicted octanol–water partition coefficient (Wildman–Crippen LogP) is 5.19. The number of carbonyl (C=O) groups excluding carboxylic acids is 1. The molecule has 0 atom stereocenters. The van der Waals surface area contributed by atoms with Crippen LogP contribution in [0.15, 0.2) is 54.6 Å². The van der Waals surface area contributed by atoms with Gasteiger partial charge in [-0.25, -0.2) is 0 Å². The van der Waals surface area contributed by atoms with Gasteiger partial charge in [-0.15, -0.1) is 12.4 Å². The standard InChI is InChI=1S/C27H36N4O.ClH/c1-21(2)12-19-31-25-11-7-6-10-24(25)26(29-31)27(32)28-20-23-14-17-30(18-15-23)16-13-22-8-4-3-5-9-22;/h3-11,21,23H,12-20H2,1-2H3,(H,28,32);1H. The maximum Gasteiger partial charge on any atom is 0.272 e. The Hall–Kier alpha value is -2.37. The van der Waals surface area contributed by atoms with E-state index in [-0.39, 0.29) is 18.3 Å². The summed E-state index contributed by atoms with van der Waals surface area (Å²) in [6.07, 6.45) is 4.43. The summed E-state index contributed by atoms with van der Waals surface area (Å²) in [6, 6.07) is 18.8. The van der Waals surface area contributed by atoms with Crippen molar-refractivity contribution >= 4 is 29.2 Å². The van der Waals surface area contributed by atoms with Crippen molar-refractivity contribution in [2.75, 3.05) is 26.2 Å². The highest BCUT2D eigenvalue weighted by Crippen LogP contribution is 2.21. The quantitative estimate of drug-likeness (QED) is 0.470. The number of nitrogens with zero attached hydrogens (tertiary/aromatic N) is 3. The van der Waals surface area contributed by atoms with Crippen molar-refractivity contribution in [2.24, 2.45) is 11.8 Å². The average Bonchev–Trinajstić information content (AvgIpc) is 3.20. The van der Waals surface area contributed by atoms with Crippen LogP contribution in [0.5, 0.6) is 0 Å². The van der Waals surface area contributed by atoms with Crippen LogP contribution in [0.3, 0.4) is 0 Å². The Morgan fingerprint density at radius 2 is 1.73 bits per heavy atom. The van der Waals surface area contributed by atoms with E-state index in [1.165, 1.54) is 5.56 Å². The SMILES string of the molecule is CC(C)CCn1nc(C(=O)NCC2CCN(CCc3ccccc3)CC2)c2ccccc21.Cl. The molecule has 0 aliphatic carbocycles. The minimum Gasteiger partial charge on any atom is -0.350 e. The van der Waals surface area contributed by atoms with Gasteiger partial charge >= 0.3 is 0 Å². The molecule has 0 saturated carbocycles. The lowest BCUT2D eigenvalue weighted by Crippen LogP contribution is -2.39. The van der Waals surface area contributed by atoms with E-state index < -0.39 is 0 Å². The summed E-state index contributed by atoms with van der Waals surface area (Å²) >= 11 is 0. The Morgan fingerprint density at radius 1 is 1.03 bits per heavy atom. The first-order valence-corrected chi connectivity index (χ1v) is 12.1. The number of fused-ring (bicyclic) bond motifs is 1. The molecule has 33 heavy (non-hydrogen) atoms. The molecule has 1 N–H and O–H groups in total. The summed E-state index contributed by atoms with van der Waals surface area (Å²) in [5, 5.41) is 8.81. The van der Waals surface area contributed by atoms with Gasteiger partial charge in [0.15, 0.2) is 5.69 Å². The molecule has 0 radical (unpaired) electrons. The van der Waals surface area contributed by atoms with Gasteiger partial charge < -0.3 is 10.2 Å². The fourth-order valence-electron chi connectivity index (χ4n) is 4.51. The van der Waals surface area contributed by atoms with Gasteiger partial charge in [0, 0.05) is 25.0 Å². The first kappa shape index (κ1) is 25.3. The zero-order valence-corrected chi connectivity index (χ0v) is 20.7. The highest BCUT2D eigenvalue weighted by molar-refractivity contribution is 6.04. The van der Waals surface area contributed by atoms with Crippen LogP contribution in [0, 0.1) is 11.8 Å². The number of benzene rings is 2. The molecule has 1 aliphatic rings. The van der Waals surface area contributed by atoms with E-state index >= 15 is 0 Å². The zero-order valence-electron chi connectivity index (χ0n) is 19.9. The maximum absolute atomic E-state index is 13.0.